The van der Waals surface area contributed by atoms with Crippen LogP contribution >= 0.6 is 0 Å². The van der Waals surface area contributed by atoms with Gasteiger partial charge in [0, 0.05) is 38.6 Å². The first kappa shape index (κ1) is 16.9. The van der Waals surface area contributed by atoms with Gasteiger partial charge in [0.1, 0.15) is 6.07 Å². The van der Waals surface area contributed by atoms with Crippen molar-refractivity contribution in [3.8, 4) is 6.07 Å². The molecule has 2 aliphatic rings. The Morgan fingerprint density at radius 2 is 1.88 bits per heavy atom. The molecule has 1 aliphatic heterocycles. The summed E-state index contributed by atoms with van der Waals surface area (Å²) < 4.78 is 5.92. The molecule has 126 valence electrons. The first-order valence-electron chi connectivity index (χ1n) is 8.73. The Labute approximate surface area is 144 Å². The average Bonchev–Trinajstić information content (AvgIpc) is 2.67. The second-order valence-corrected chi connectivity index (χ2v) is 6.35. The number of ether oxygens (including phenoxy) is 1. The van der Waals surface area contributed by atoms with E-state index in [2.05, 4.69) is 40.6 Å². The molecule has 1 aromatic rings. The zero-order valence-corrected chi connectivity index (χ0v) is 14.0. The molecular weight excluding hydrogens is 298 g/mol. The van der Waals surface area contributed by atoms with E-state index in [0.29, 0.717) is 6.61 Å². The first-order valence-corrected chi connectivity index (χ1v) is 8.73. The van der Waals surface area contributed by atoms with E-state index in [4.69, 9.17) is 4.74 Å². The Morgan fingerprint density at radius 1 is 1.17 bits per heavy atom. The van der Waals surface area contributed by atoms with Crippen LogP contribution in [0.3, 0.4) is 0 Å². The van der Waals surface area contributed by atoms with Crippen molar-refractivity contribution >= 4 is 0 Å². The summed E-state index contributed by atoms with van der Waals surface area (Å²) in [7, 11) is 0. The highest BCUT2D eigenvalue weighted by Gasteiger charge is 2.28. The van der Waals surface area contributed by atoms with E-state index >= 15 is 0 Å². The number of piperazine rings is 1. The Morgan fingerprint density at radius 3 is 2.54 bits per heavy atom. The van der Waals surface area contributed by atoms with Gasteiger partial charge >= 0.3 is 0 Å². The van der Waals surface area contributed by atoms with Gasteiger partial charge in [0.05, 0.1) is 6.61 Å². The molecule has 24 heavy (non-hydrogen) atoms. The van der Waals surface area contributed by atoms with Crippen LogP contribution in [0.15, 0.2) is 54.6 Å². The summed E-state index contributed by atoms with van der Waals surface area (Å²) >= 11 is 0. The van der Waals surface area contributed by atoms with E-state index in [1.807, 2.05) is 30.4 Å². The molecule has 0 aromatic heterocycles. The molecule has 1 aromatic carbocycles. The van der Waals surface area contributed by atoms with Crippen LogP contribution in [-0.2, 0) is 4.74 Å². The van der Waals surface area contributed by atoms with E-state index in [-0.39, 0.29) is 5.92 Å². The fourth-order valence-corrected chi connectivity index (χ4v) is 3.18. The number of hydrogen-bond acceptors (Lipinski definition) is 4. The maximum absolute atomic E-state index is 9.55. The van der Waals surface area contributed by atoms with Crippen molar-refractivity contribution in [1.82, 2.24) is 10.2 Å². The summed E-state index contributed by atoms with van der Waals surface area (Å²) in [6.07, 6.45) is 8.88. The summed E-state index contributed by atoms with van der Waals surface area (Å²) in [6.45, 7) is 5.96. The van der Waals surface area contributed by atoms with E-state index < -0.39 is 5.60 Å². The quantitative estimate of drug-likeness (QED) is 0.645. The predicted molar refractivity (Wildman–Crippen MR) is 95.7 cm³/mol. The van der Waals surface area contributed by atoms with Gasteiger partial charge in [0.2, 0.25) is 0 Å². The first-order chi connectivity index (χ1) is 11.8. The van der Waals surface area contributed by atoms with Crippen molar-refractivity contribution in [1.29, 1.82) is 5.26 Å². The van der Waals surface area contributed by atoms with Gasteiger partial charge in [-0.1, -0.05) is 42.5 Å². The number of nitrogens with one attached hydrogen (secondary N) is 1. The van der Waals surface area contributed by atoms with Crippen molar-refractivity contribution in [2.24, 2.45) is 0 Å². The molecule has 3 rings (SSSR count). The Kier molecular flexibility index (Phi) is 5.81. The molecule has 4 nitrogen and oxygen atoms in total. The monoisotopic (exact) mass is 323 g/mol. The molecular formula is C20H25N3O. The zero-order valence-electron chi connectivity index (χ0n) is 14.0. The second kappa shape index (κ2) is 8.25. The van der Waals surface area contributed by atoms with Gasteiger partial charge in [-0.25, -0.2) is 0 Å². The largest absolute Gasteiger partial charge is 0.353 e. The summed E-state index contributed by atoms with van der Waals surface area (Å²) in [5.41, 5.74) is 0.324. The minimum absolute atomic E-state index is 0.220. The molecule has 1 fully saturated rings. The molecule has 0 bridgehead atoms. The maximum Gasteiger partial charge on any atom is 0.191 e. The average molecular weight is 323 g/mol. The third kappa shape index (κ3) is 4.33. The number of allylic oxidation sites excluding steroid dienone is 2. The van der Waals surface area contributed by atoms with Crippen molar-refractivity contribution in [2.75, 3.05) is 39.3 Å². The summed E-state index contributed by atoms with van der Waals surface area (Å²) in [6, 6.07) is 12.6. The lowest BCUT2D eigenvalue weighted by atomic mass is 9.89. The number of rotatable bonds is 6. The van der Waals surface area contributed by atoms with E-state index in [1.54, 1.807) is 0 Å². The van der Waals surface area contributed by atoms with Crippen LogP contribution in [0.2, 0.25) is 0 Å². The van der Waals surface area contributed by atoms with Gasteiger partial charge in [0.15, 0.2) is 5.60 Å². The van der Waals surface area contributed by atoms with Crippen molar-refractivity contribution in [3.63, 3.8) is 0 Å². The van der Waals surface area contributed by atoms with Crippen LogP contribution in [-0.4, -0.2) is 49.8 Å². The normalized spacial score (nSPS) is 27.0. The van der Waals surface area contributed by atoms with Crippen LogP contribution in [0.4, 0.5) is 0 Å². The summed E-state index contributed by atoms with van der Waals surface area (Å²) in [5.74, 6) is 0.220. The molecule has 0 atom stereocenters. The Balaban J connectivity index is 1.49. The third-order valence-corrected chi connectivity index (χ3v) is 4.63. The molecule has 4 heteroatoms. The molecule has 0 radical (unpaired) electrons. The van der Waals surface area contributed by atoms with Crippen molar-refractivity contribution < 1.29 is 4.74 Å². The van der Waals surface area contributed by atoms with Gasteiger partial charge in [-0.3, -0.25) is 0 Å². The number of hydrogen-bond donors (Lipinski definition) is 1. The second-order valence-electron chi connectivity index (χ2n) is 6.35. The molecule has 0 unspecified atom stereocenters. The SMILES string of the molecule is N#CC1(OCCCN2CCNCC2)C=CC(c2ccccc2)C=C1. The minimum Gasteiger partial charge on any atom is -0.353 e. The number of benzene rings is 1. The van der Waals surface area contributed by atoms with Crippen molar-refractivity contribution in [2.45, 2.75) is 17.9 Å². The lowest BCUT2D eigenvalue weighted by molar-refractivity contribution is 0.0576. The Hall–Kier alpha value is -1.93. The molecule has 0 spiro atoms. The van der Waals surface area contributed by atoms with Crippen LogP contribution in [0.5, 0.6) is 0 Å². The summed E-state index contributed by atoms with van der Waals surface area (Å²) in [5, 5.41) is 12.9. The molecule has 0 saturated carbocycles. The molecule has 0 amide bonds. The van der Waals surface area contributed by atoms with Crippen molar-refractivity contribution in [3.05, 3.63) is 60.2 Å². The van der Waals surface area contributed by atoms with Gasteiger partial charge in [-0.2, -0.15) is 5.26 Å². The lowest BCUT2D eigenvalue weighted by Gasteiger charge is -2.28. The Bertz CT molecular complexity index is 598. The fourth-order valence-electron chi connectivity index (χ4n) is 3.18. The van der Waals surface area contributed by atoms with Gasteiger partial charge in [-0.15, -0.1) is 0 Å². The van der Waals surface area contributed by atoms with E-state index in [1.165, 1.54) is 5.56 Å². The van der Waals surface area contributed by atoms with Gasteiger partial charge < -0.3 is 15.0 Å². The van der Waals surface area contributed by atoms with Crippen LogP contribution in [0, 0.1) is 11.3 Å². The highest BCUT2D eigenvalue weighted by Crippen LogP contribution is 2.28. The zero-order chi connectivity index (χ0) is 16.7. The lowest BCUT2D eigenvalue weighted by Crippen LogP contribution is -2.44. The van der Waals surface area contributed by atoms with Crippen LogP contribution in [0.25, 0.3) is 0 Å². The predicted octanol–water partition coefficient (Wildman–Crippen LogP) is 2.47. The fraction of sp³-hybridized carbons (Fsp3) is 0.450. The molecule has 1 aliphatic carbocycles. The number of nitriles is 1. The standard InChI is InChI=1S/C20H25N3O/c21-17-20(24-16-4-13-23-14-11-22-12-15-23)9-7-19(8-10-20)18-5-2-1-3-6-18/h1-3,5-10,19,22H,4,11-16H2. The minimum atomic E-state index is -0.908. The van der Waals surface area contributed by atoms with Gasteiger partial charge in [-0.05, 0) is 24.1 Å². The molecule has 1 saturated heterocycles. The maximum atomic E-state index is 9.55. The third-order valence-electron chi connectivity index (χ3n) is 4.63. The van der Waals surface area contributed by atoms with E-state index in [9.17, 15) is 5.26 Å². The van der Waals surface area contributed by atoms with E-state index in [0.717, 1.165) is 39.1 Å². The topological polar surface area (TPSA) is 48.3 Å². The number of nitrogens with zero attached hydrogens (tertiary/aromatic N) is 2. The molecule has 1 N–H and O–H groups in total. The van der Waals surface area contributed by atoms with Crippen LogP contribution < -0.4 is 5.32 Å². The van der Waals surface area contributed by atoms with Crippen LogP contribution in [0.1, 0.15) is 17.9 Å². The highest BCUT2D eigenvalue weighted by molar-refractivity contribution is 5.39. The highest BCUT2D eigenvalue weighted by atomic mass is 16.5. The van der Waals surface area contributed by atoms with Gasteiger partial charge in [0.25, 0.3) is 0 Å². The summed E-state index contributed by atoms with van der Waals surface area (Å²) in [4.78, 5) is 2.44. The smallest absolute Gasteiger partial charge is 0.191 e. The molecule has 1 heterocycles.